The first-order chi connectivity index (χ1) is 14.1. The van der Waals surface area contributed by atoms with Crippen LogP contribution < -0.4 is 15.5 Å². The molecule has 10 heteroatoms. The molecule has 0 unspecified atom stereocenters. The maximum absolute atomic E-state index is 13.4. The van der Waals surface area contributed by atoms with E-state index in [1.807, 2.05) is 0 Å². The van der Waals surface area contributed by atoms with Gasteiger partial charge in [0.15, 0.2) is 5.69 Å². The molecule has 30 heavy (non-hydrogen) atoms. The maximum Gasteiger partial charge on any atom is 0.418 e. The lowest BCUT2D eigenvalue weighted by molar-refractivity contribution is -0.137. The molecule has 1 N–H and O–H groups in total. The number of rotatable bonds is 4. The Hall–Kier alpha value is -3.33. The summed E-state index contributed by atoms with van der Waals surface area (Å²) in [7, 11) is 1.43. The van der Waals surface area contributed by atoms with Crippen LogP contribution in [0, 0.1) is 6.92 Å². The van der Waals surface area contributed by atoms with Crippen LogP contribution in [0.3, 0.4) is 0 Å². The van der Waals surface area contributed by atoms with E-state index < -0.39 is 28.8 Å². The lowest BCUT2D eigenvalue weighted by Gasteiger charge is -2.16. The first-order valence-corrected chi connectivity index (χ1v) is 8.92. The van der Waals surface area contributed by atoms with Gasteiger partial charge in [-0.15, -0.1) is 0 Å². The van der Waals surface area contributed by atoms with Gasteiger partial charge in [-0.25, -0.2) is 4.68 Å². The number of carbonyl (C=O) groups is 1. The highest BCUT2D eigenvalue weighted by Crippen LogP contribution is 2.33. The number of aryl methyl sites for hydroxylation is 1. The van der Waals surface area contributed by atoms with E-state index in [4.69, 9.17) is 16.3 Å². The molecule has 0 aliphatic carbocycles. The Balaban J connectivity index is 2.03. The van der Waals surface area contributed by atoms with Crippen molar-refractivity contribution in [2.24, 2.45) is 0 Å². The van der Waals surface area contributed by atoms with Gasteiger partial charge in [0.25, 0.3) is 5.91 Å². The number of carbonyl (C=O) groups excluding carboxylic acids is 1. The highest BCUT2D eigenvalue weighted by Gasteiger charge is 2.34. The van der Waals surface area contributed by atoms with Gasteiger partial charge in [-0.1, -0.05) is 23.7 Å². The van der Waals surface area contributed by atoms with Gasteiger partial charge in [0, 0.05) is 17.4 Å². The molecule has 0 aliphatic rings. The van der Waals surface area contributed by atoms with Crippen molar-refractivity contribution in [3.63, 3.8) is 0 Å². The van der Waals surface area contributed by atoms with Crippen molar-refractivity contribution in [3.8, 4) is 11.4 Å². The van der Waals surface area contributed by atoms with Gasteiger partial charge in [0.2, 0.25) is 5.43 Å². The van der Waals surface area contributed by atoms with Crippen molar-refractivity contribution in [1.29, 1.82) is 0 Å². The molecule has 0 fully saturated rings. The Morgan fingerprint density at radius 3 is 2.50 bits per heavy atom. The fourth-order valence-electron chi connectivity index (χ4n) is 2.78. The second-order valence-corrected chi connectivity index (χ2v) is 6.64. The molecular formula is C20H15ClF3N3O3. The SMILES string of the molecule is COc1ccc(NC(=O)c2nn(-c3ccccc3C(F)(F)F)c(C)cc2=O)cc1Cl. The lowest BCUT2D eigenvalue weighted by Crippen LogP contribution is -2.27. The van der Waals surface area contributed by atoms with Gasteiger partial charge >= 0.3 is 6.18 Å². The molecule has 156 valence electrons. The average molecular weight is 438 g/mol. The number of ether oxygens (including phenoxy) is 1. The summed E-state index contributed by atoms with van der Waals surface area (Å²) in [6.07, 6.45) is -4.64. The molecule has 1 amide bonds. The van der Waals surface area contributed by atoms with Crippen LogP contribution in [0.4, 0.5) is 18.9 Å². The minimum Gasteiger partial charge on any atom is -0.495 e. The molecule has 0 saturated heterocycles. The van der Waals surface area contributed by atoms with Crippen LogP contribution in [0.2, 0.25) is 5.02 Å². The van der Waals surface area contributed by atoms with E-state index in [2.05, 4.69) is 10.4 Å². The second kappa shape index (κ2) is 8.19. The number of anilines is 1. The van der Waals surface area contributed by atoms with Gasteiger partial charge in [-0.2, -0.15) is 18.3 Å². The number of aromatic nitrogens is 2. The van der Waals surface area contributed by atoms with Crippen LogP contribution in [0.15, 0.2) is 53.3 Å². The van der Waals surface area contributed by atoms with E-state index >= 15 is 0 Å². The van der Waals surface area contributed by atoms with Crippen molar-refractivity contribution in [2.45, 2.75) is 13.1 Å². The predicted molar refractivity (Wildman–Crippen MR) is 106 cm³/mol. The number of hydrogen-bond acceptors (Lipinski definition) is 4. The number of hydrogen-bond donors (Lipinski definition) is 1. The number of para-hydroxylation sites is 1. The predicted octanol–water partition coefficient (Wildman–Crippen LogP) is 4.47. The van der Waals surface area contributed by atoms with E-state index in [0.717, 1.165) is 16.8 Å². The Labute approximate surface area is 173 Å². The summed E-state index contributed by atoms with van der Waals surface area (Å²) in [6, 6.07) is 10.2. The van der Waals surface area contributed by atoms with Crippen molar-refractivity contribution in [3.05, 3.63) is 80.7 Å². The van der Waals surface area contributed by atoms with Crippen molar-refractivity contribution in [1.82, 2.24) is 9.78 Å². The Bertz CT molecular complexity index is 1180. The Kier molecular flexibility index (Phi) is 5.84. The quantitative estimate of drug-likeness (QED) is 0.653. The minimum absolute atomic E-state index is 0.140. The molecule has 0 spiro atoms. The lowest BCUT2D eigenvalue weighted by atomic mass is 10.1. The molecule has 3 aromatic rings. The molecule has 0 radical (unpaired) electrons. The number of methoxy groups -OCH3 is 1. The van der Waals surface area contributed by atoms with Crippen LogP contribution in [-0.4, -0.2) is 22.8 Å². The molecule has 1 aromatic heterocycles. The minimum atomic E-state index is -4.64. The van der Waals surface area contributed by atoms with E-state index in [-0.39, 0.29) is 22.1 Å². The van der Waals surface area contributed by atoms with Gasteiger partial charge in [0.1, 0.15) is 5.75 Å². The monoisotopic (exact) mass is 437 g/mol. The standard InChI is InChI=1S/C20H15ClF3N3O3/c1-11-9-16(28)18(19(29)25-12-7-8-17(30-2)14(21)10-12)26-27(11)15-6-4-3-5-13(15)20(22,23)24/h3-10H,1-2H3,(H,25,29). The van der Waals surface area contributed by atoms with E-state index in [0.29, 0.717) is 5.75 Å². The Morgan fingerprint density at radius 1 is 1.17 bits per heavy atom. The number of halogens is 4. The number of nitrogens with one attached hydrogen (secondary N) is 1. The highest BCUT2D eigenvalue weighted by molar-refractivity contribution is 6.32. The molecule has 0 saturated carbocycles. The number of benzene rings is 2. The third kappa shape index (κ3) is 4.30. The summed E-state index contributed by atoms with van der Waals surface area (Å²) in [6.45, 7) is 1.42. The smallest absolute Gasteiger partial charge is 0.418 e. The summed E-state index contributed by atoms with van der Waals surface area (Å²) in [4.78, 5) is 24.9. The molecule has 3 rings (SSSR count). The number of amides is 1. The van der Waals surface area contributed by atoms with Gasteiger partial charge < -0.3 is 10.1 Å². The third-order valence-corrected chi connectivity index (χ3v) is 4.47. The summed E-state index contributed by atoms with van der Waals surface area (Å²) in [5.41, 5.74) is -2.15. The van der Waals surface area contributed by atoms with Crippen LogP contribution >= 0.6 is 11.6 Å². The first kappa shape index (κ1) is 21.4. The van der Waals surface area contributed by atoms with Crippen LogP contribution in [0.25, 0.3) is 5.69 Å². The maximum atomic E-state index is 13.4. The van der Waals surface area contributed by atoms with Crippen LogP contribution in [0.5, 0.6) is 5.75 Å². The zero-order valence-electron chi connectivity index (χ0n) is 15.7. The fraction of sp³-hybridized carbons (Fsp3) is 0.150. The molecular weight excluding hydrogens is 423 g/mol. The summed E-state index contributed by atoms with van der Waals surface area (Å²) < 4.78 is 46.1. The third-order valence-electron chi connectivity index (χ3n) is 4.17. The fourth-order valence-corrected chi connectivity index (χ4v) is 3.04. The van der Waals surface area contributed by atoms with E-state index in [9.17, 15) is 22.8 Å². The number of nitrogens with zero attached hydrogens (tertiary/aromatic N) is 2. The molecule has 0 atom stereocenters. The van der Waals surface area contributed by atoms with Crippen molar-refractivity contribution in [2.75, 3.05) is 12.4 Å². The normalized spacial score (nSPS) is 11.3. The molecule has 2 aromatic carbocycles. The summed E-state index contributed by atoms with van der Waals surface area (Å²) in [5, 5.41) is 6.59. The van der Waals surface area contributed by atoms with Crippen LogP contribution in [0.1, 0.15) is 21.7 Å². The average Bonchev–Trinajstić information content (AvgIpc) is 2.67. The summed E-state index contributed by atoms with van der Waals surface area (Å²) >= 11 is 6.01. The highest BCUT2D eigenvalue weighted by atomic mass is 35.5. The first-order valence-electron chi connectivity index (χ1n) is 8.54. The summed E-state index contributed by atoms with van der Waals surface area (Å²) in [5.74, 6) is -0.506. The van der Waals surface area contributed by atoms with Crippen molar-refractivity contribution < 1.29 is 22.7 Å². The zero-order valence-corrected chi connectivity index (χ0v) is 16.5. The topological polar surface area (TPSA) is 73.2 Å². The second-order valence-electron chi connectivity index (χ2n) is 6.23. The number of alkyl halides is 3. The van der Waals surface area contributed by atoms with Gasteiger partial charge in [-0.05, 0) is 37.3 Å². The van der Waals surface area contributed by atoms with Gasteiger partial charge in [-0.3, -0.25) is 9.59 Å². The van der Waals surface area contributed by atoms with E-state index in [1.54, 1.807) is 0 Å². The van der Waals surface area contributed by atoms with Gasteiger partial charge in [0.05, 0.1) is 23.4 Å². The van der Waals surface area contributed by atoms with E-state index in [1.165, 1.54) is 50.4 Å². The largest absolute Gasteiger partial charge is 0.495 e. The molecule has 6 nitrogen and oxygen atoms in total. The molecule has 1 heterocycles. The van der Waals surface area contributed by atoms with Crippen LogP contribution in [-0.2, 0) is 6.18 Å². The zero-order chi connectivity index (χ0) is 22.1. The molecule has 0 aliphatic heterocycles. The van der Waals surface area contributed by atoms with Crippen molar-refractivity contribution >= 4 is 23.2 Å². The molecule has 0 bridgehead atoms. The Morgan fingerprint density at radius 2 is 1.87 bits per heavy atom.